The summed E-state index contributed by atoms with van der Waals surface area (Å²) >= 11 is 0. The highest BCUT2D eigenvalue weighted by Gasteiger charge is 2.14. The first kappa shape index (κ1) is 17.4. The molecule has 0 aliphatic carbocycles. The van der Waals surface area contributed by atoms with Crippen LogP contribution < -0.4 is 5.32 Å². The number of nitro groups is 1. The van der Waals surface area contributed by atoms with Crippen molar-refractivity contribution < 1.29 is 9.72 Å². The van der Waals surface area contributed by atoms with Gasteiger partial charge in [-0.2, -0.15) is 0 Å². The molecule has 5 nitrogen and oxygen atoms in total. The number of carbonyl (C=O) groups is 1. The van der Waals surface area contributed by atoms with E-state index >= 15 is 0 Å². The Balaban J connectivity index is 2.44. The van der Waals surface area contributed by atoms with Gasteiger partial charge in [-0.05, 0) is 30.5 Å². The summed E-state index contributed by atoms with van der Waals surface area (Å²) in [4.78, 5) is 23.1. The van der Waals surface area contributed by atoms with Gasteiger partial charge in [0.15, 0.2) is 0 Å². The van der Waals surface area contributed by atoms with E-state index in [-0.39, 0.29) is 17.6 Å². The third kappa shape index (κ3) is 4.52. The Morgan fingerprint density at radius 3 is 2.54 bits per heavy atom. The Labute approximate surface area is 141 Å². The fraction of sp³-hybridized carbons (Fsp3) is 0.211. The molecule has 5 heteroatoms. The number of nitro benzene ring substituents is 1. The lowest BCUT2D eigenvalue weighted by Crippen LogP contribution is -2.32. The number of amides is 1. The molecule has 24 heavy (non-hydrogen) atoms. The van der Waals surface area contributed by atoms with Crippen LogP contribution in [0.1, 0.15) is 31.4 Å². The molecule has 0 bridgehead atoms. The largest absolute Gasteiger partial charge is 0.350 e. The SMILES string of the molecule is CC[C@@H](C)NC(=O)/C(=C/c1cccc([N+](=O)[O-])c1)c1ccccc1. The van der Waals surface area contributed by atoms with Crippen LogP contribution in [0.3, 0.4) is 0 Å². The second kappa shape index (κ2) is 8.06. The zero-order valence-corrected chi connectivity index (χ0v) is 13.7. The summed E-state index contributed by atoms with van der Waals surface area (Å²) in [7, 11) is 0. The van der Waals surface area contributed by atoms with Crippen molar-refractivity contribution in [1.82, 2.24) is 5.32 Å². The summed E-state index contributed by atoms with van der Waals surface area (Å²) < 4.78 is 0. The molecule has 2 rings (SSSR count). The van der Waals surface area contributed by atoms with E-state index in [2.05, 4.69) is 5.32 Å². The van der Waals surface area contributed by atoms with Crippen molar-refractivity contribution in [3.8, 4) is 0 Å². The average molecular weight is 324 g/mol. The average Bonchev–Trinajstić information content (AvgIpc) is 2.60. The number of carbonyl (C=O) groups excluding carboxylic acids is 1. The van der Waals surface area contributed by atoms with Crippen molar-refractivity contribution in [3.05, 3.63) is 75.8 Å². The second-order valence-electron chi connectivity index (χ2n) is 5.56. The molecule has 0 saturated carbocycles. The van der Waals surface area contributed by atoms with Crippen LogP contribution in [0.5, 0.6) is 0 Å². The van der Waals surface area contributed by atoms with Gasteiger partial charge in [0.2, 0.25) is 0 Å². The quantitative estimate of drug-likeness (QED) is 0.377. The van der Waals surface area contributed by atoms with Gasteiger partial charge < -0.3 is 5.32 Å². The number of hydrogen-bond acceptors (Lipinski definition) is 3. The minimum absolute atomic E-state index is 0.00139. The number of rotatable bonds is 6. The van der Waals surface area contributed by atoms with Gasteiger partial charge in [-0.25, -0.2) is 0 Å². The van der Waals surface area contributed by atoms with Gasteiger partial charge in [-0.1, -0.05) is 49.4 Å². The lowest BCUT2D eigenvalue weighted by Gasteiger charge is -2.14. The maximum atomic E-state index is 12.6. The van der Waals surface area contributed by atoms with Crippen LogP contribution in [0.2, 0.25) is 0 Å². The summed E-state index contributed by atoms with van der Waals surface area (Å²) in [5, 5.41) is 13.9. The van der Waals surface area contributed by atoms with Crippen molar-refractivity contribution in [3.63, 3.8) is 0 Å². The fourth-order valence-electron chi connectivity index (χ4n) is 2.20. The molecule has 0 heterocycles. The van der Waals surface area contributed by atoms with Crippen LogP contribution in [0.15, 0.2) is 54.6 Å². The molecule has 0 aliphatic rings. The Morgan fingerprint density at radius 2 is 1.92 bits per heavy atom. The van der Waals surface area contributed by atoms with Gasteiger partial charge >= 0.3 is 0 Å². The third-order valence-electron chi connectivity index (χ3n) is 3.71. The van der Waals surface area contributed by atoms with E-state index in [1.165, 1.54) is 12.1 Å². The Kier molecular flexibility index (Phi) is 5.84. The van der Waals surface area contributed by atoms with E-state index in [0.717, 1.165) is 12.0 Å². The van der Waals surface area contributed by atoms with E-state index in [1.807, 2.05) is 44.2 Å². The standard InChI is InChI=1S/C19H20N2O3/c1-3-14(2)20-19(22)18(16-9-5-4-6-10-16)13-15-8-7-11-17(12-15)21(23)24/h4-14H,3H2,1-2H3,(H,20,22)/b18-13+/t14-/m1/s1. The minimum atomic E-state index is -0.446. The molecular weight excluding hydrogens is 304 g/mol. The van der Waals surface area contributed by atoms with Crippen LogP contribution in [0.4, 0.5) is 5.69 Å². The van der Waals surface area contributed by atoms with Crippen LogP contribution in [0.25, 0.3) is 11.6 Å². The van der Waals surface area contributed by atoms with Crippen molar-refractivity contribution in [2.24, 2.45) is 0 Å². The van der Waals surface area contributed by atoms with E-state index in [4.69, 9.17) is 0 Å². The van der Waals surface area contributed by atoms with Gasteiger partial charge in [0.05, 0.1) is 4.92 Å². The Morgan fingerprint density at radius 1 is 1.21 bits per heavy atom. The van der Waals surface area contributed by atoms with Gasteiger partial charge in [-0.3, -0.25) is 14.9 Å². The van der Waals surface area contributed by atoms with Crippen LogP contribution in [0, 0.1) is 10.1 Å². The molecule has 0 radical (unpaired) electrons. The van der Waals surface area contributed by atoms with E-state index in [9.17, 15) is 14.9 Å². The smallest absolute Gasteiger partial charge is 0.270 e. The van der Waals surface area contributed by atoms with Crippen molar-refractivity contribution in [2.45, 2.75) is 26.3 Å². The second-order valence-corrected chi connectivity index (χ2v) is 5.56. The first-order valence-corrected chi connectivity index (χ1v) is 7.83. The van der Waals surface area contributed by atoms with E-state index in [0.29, 0.717) is 11.1 Å². The highest BCUT2D eigenvalue weighted by Crippen LogP contribution is 2.21. The molecule has 1 N–H and O–H groups in total. The van der Waals surface area contributed by atoms with Gasteiger partial charge in [0, 0.05) is 23.7 Å². The summed E-state index contributed by atoms with van der Waals surface area (Å²) in [5.74, 6) is -0.193. The van der Waals surface area contributed by atoms with E-state index in [1.54, 1.807) is 18.2 Å². The number of benzene rings is 2. The maximum absolute atomic E-state index is 12.6. The topological polar surface area (TPSA) is 72.2 Å². The third-order valence-corrected chi connectivity index (χ3v) is 3.71. The molecule has 0 aliphatic heterocycles. The zero-order valence-electron chi connectivity index (χ0n) is 13.7. The van der Waals surface area contributed by atoms with Gasteiger partial charge in [-0.15, -0.1) is 0 Å². The molecule has 0 spiro atoms. The predicted molar refractivity (Wildman–Crippen MR) is 95.3 cm³/mol. The maximum Gasteiger partial charge on any atom is 0.270 e. The normalized spacial score (nSPS) is 12.5. The molecule has 124 valence electrons. The Bertz CT molecular complexity index is 754. The molecule has 2 aromatic carbocycles. The lowest BCUT2D eigenvalue weighted by molar-refractivity contribution is -0.384. The summed E-state index contributed by atoms with van der Waals surface area (Å²) in [5.41, 5.74) is 1.86. The van der Waals surface area contributed by atoms with Gasteiger partial charge in [0.25, 0.3) is 11.6 Å². The summed E-state index contributed by atoms with van der Waals surface area (Å²) in [6.07, 6.45) is 2.50. The predicted octanol–water partition coefficient (Wildman–Crippen LogP) is 4.05. The molecule has 1 amide bonds. The molecule has 0 unspecified atom stereocenters. The number of non-ortho nitro benzene ring substituents is 1. The molecule has 0 fully saturated rings. The van der Waals surface area contributed by atoms with Crippen LogP contribution in [-0.2, 0) is 4.79 Å². The zero-order chi connectivity index (χ0) is 17.5. The molecule has 0 saturated heterocycles. The first-order chi connectivity index (χ1) is 11.5. The molecule has 1 atom stereocenters. The first-order valence-electron chi connectivity index (χ1n) is 7.83. The highest BCUT2D eigenvalue weighted by atomic mass is 16.6. The minimum Gasteiger partial charge on any atom is -0.350 e. The van der Waals surface area contributed by atoms with Crippen molar-refractivity contribution in [1.29, 1.82) is 0 Å². The highest BCUT2D eigenvalue weighted by molar-refractivity contribution is 6.24. The lowest BCUT2D eigenvalue weighted by atomic mass is 10.0. The number of nitrogens with one attached hydrogen (secondary N) is 1. The van der Waals surface area contributed by atoms with Crippen LogP contribution >= 0.6 is 0 Å². The van der Waals surface area contributed by atoms with Crippen molar-refractivity contribution in [2.75, 3.05) is 0 Å². The molecule has 2 aromatic rings. The van der Waals surface area contributed by atoms with E-state index < -0.39 is 4.92 Å². The Hall–Kier alpha value is -2.95. The van der Waals surface area contributed by atoms with Crippen LogP contribution in [-0.4, -0.2) is 16.9 Å². The number of hydrogen-bond donors (Lipinski definition) is 1. The molecule has 0 aromatic heterocycles. The summed E-state index contributed by atoms with van der Waals surface area (Å²) in [6.45, 7) is 3.94. The molecular formula is C19H20N2O3. The van der Waals surface area contributed by atoms with Crippen molar-refractivity contribution >= 4 is 23.2 Å². The number of nitrogens with zero attached hydrogens (tertiary/aromatic N) is 1. The fourth-order valence-corrected chi connectivity index (χ4v) is 2.20. The van der Waals surface area contributed by atoms with Gasteiger partial charge in [0.1, 0.15) is 0 Å². The summed E-state index contributed by atoms with van der Waals surface area (Å²) in [6, 6.07) is 15.6. The monoisotopic (exact) mass is 324 g/mol.